The summed E-state index contributed by atoms with van der Waals surface area (Å²) in [5, 5.41) is 4.20. The van der Waals surface area contributed by atoms with Crippen LogP contribution >= 0.6 is 0 Å². The molecular formula is C22H27FN4O. The third-order valence-corrected chi connectivity index (χ3v) is 7.00. The molecule has 0 unspecified atom stereocenters. The molecule has 4 aliphatic rings. The molecule has 6 heteroatoms. The number of carbonyl (C=O) groups is 1. The van der Waals surface area contributed by atoms with Crippen molar-refractivity contribution >= 4 is 5.91 Å². The molecular weight excluding hydrogens is 355 g/mol. The van der Waals surface area contributed by atoms with Gasteiger partial charge in [0.25, 0.3) is 0 Å². The van der Waals surface area contributed by atoms with Crippen LogP contribution in [0.1, 0.15) is 36.3 Å². The summed E-state index contributed by atoms with van der Waals surface area (Å²) in [6.45, 7) is 3.00. The van der Waals surface area contributed by atoms with Crippen LogP contribution in [0.15, 0.2) is 36.7 Å². The van der Waals surface area contributed by atoms with Gasteiger partial charge in [0, 0.05) is 38.2 Å². The van der Waals surface area contributed by atoms with Crippen molar-refractivity contribution in [2.45, 2.75) is 43.7 Å². The zero-order valence-corrected chi connectivity index (χ0v) is 16.3. The zero-order chi connectivity index (χ0) is 19.3. The Morgan fingerprint density at radius 1 is 1.18 bits per heavy atom. The van der Waals surface area contributed by atoms with Gasteiger partial charge in [-0.1, -0.05) is 12.1 Å². The van der Waals surface area contributed by atoms with Gasteiger partial charge < -0.3 is 4.90 Å². The molecule has 28 heavy (non-hydrogen) atoms. The smallest absolute Gasteiger partial charge is 0.223 e. The number of rotatable bonds is 4. The number of fused-ring (bicyclic) bond motifs is 2. The molecule has 1 aromatic carbocycles. The van der Waals surface area contributed by atoms with Crippen LogP contribution < -0.4 is 0 Å². The molecule has 0 aliphatic carbocycles. The molecule has 1 aromatic heterocycles. The van der Waals surface area contributed by atoms with Crippen molar-refractivity contribution in [1.82, 2.24) is 19.6 Å². The zero-order valence-electron chi connectivity index (χ0n) is 16.3. The SMILES string of the molecule is Cn1cc(CCC(=O)N2C[C@H](c3ccc(F)cc3)[C@H]3[C@@H]2C2CCN3CC2)cn1. The van der Waals surface area contributed by atoms with E-state index in [1.54, 1.807) is 16.8 Å². The Morgan fingerprint density at radius 2 is 1.93 bits per heavy atom. The Balaban J connectivity index is 1.38. The first-order valence-electron chi connectivity index (χ1n) is 10.4. The van der Waals surface area contributed by atoms with Gasteiger partial charge in [0.1, 0.15) is 5.82 Å². The Labute approximate surface area is 165 Å². The Hall–Kier alpha value is -2.21. The van der Waals surface area contributed by atoms with Gasteiger partial charge in [-0.2, -0.15) is 5.10 Å². The first-order chi connectivity index (χ1) is 13.6. The minimum absolute atomic E-state index is 0.201. The van der Waals surface area contributed by atoms with Crippen molar-refractivity contribution < 1.29 is 9.18 Å². The van der Waals surface area contributed by atoms with E-state index in [0.29, 0.717) is 24.4 Å². The number of nitrogens with zero attached hydrogens (tertiary/aromatic N) is 4. The van der Waals surface area contributed by atoms with E-state index in [-0.39, 0.29) is 17.6 Å². The van der Waals surface area contributed by atoms with Crippen molar-refractivity contribution in [3.63, 3.8) is 0 Å². The van der Waals surface area contributed by atoms with Crippen molar-refractivity contribution in [2.75, 3.05) is 19.6 Å². The summed E-state index contributed by atoms with van der Waals surface area (Å²) in [4.78, 5) is 17.9. The number of carbonyl (C=O) groups excluding carboxylic acids is 1. The highest BCUT2D eigenvalue weighted by atomic mass is 19.1. The summed E-state index contributed by atoms with van der Waals surface area (Å²) in [6.07, 6.45) is 7.45. The molecule has 2 aromatic rings. The van der Waals surface area contributed by atoms with E-state index in [0.717, 1.165) is 37.2 Å². The number of likely N-dealkylation sites (tertiary alicyclic amines) is 1. The Bertz CT molecular complexity index is 856. The highest BCUT2D eigenvalue weighted by molar-refractivity contribution is 5.77. The maximum atomic E-state index is 13.4. The lowest BCUT2D eigenvalue weighted by atomic mass is 9.75. The van der Waals surface area contributed by atoms with Crippen molar-refractivity contribution in [3.8, 4) is 0 Å². The second-order valence-corrected chi connectivity index (χ2v) is 8.58. The van der Waals surface area contributed by atoms with Crippen molar-refractivity contribution in [3.05, 3.63) is 53.6 Å². The minimum atomic E-state index is -0.201. The van der Waals surface area contributed by atoms with Gasteiger partial charge in [0.15, 0.2) is 0 Å². The van der Waals surface area contributed by atoms with Crippen LogP contribution in [-0.4, -0.2) is 57.2 Å². The van der Waals surface area contributed by atoms with Gasteiger partial charge in [-0.25, -0.2) is 4.39 Å². The minimum Gasteiger partial charge on any atom is -0.337 e. The number of hydrogen-bond donors (Lipinski definition) is 0. The molecule has 1 amide bonds. The lowest BCUT2D eigenvalue weighted by Crippen LogP contribution is -2.60. The number of hydrogen-bond acceptors (Lipinski definition) is 3. The molecule has 4 fully saturated rings. The van der Waals surface area contributed by atoms with E-state index in [1.807, 2.05) is 31.6 Å². The predicted molar refractivity (Wildman–Crippen MR) is 104 cm³/mol. The van der Waals surface area contributed by atoms with Gasteiger partial charge in [0.05, 0.1) is 12.2 Å². The van der Waals surface area contributed by atoms with E-state index in [4.69, 9.17) is 0 Å². The monoisotopic (exact) mass is 382 g/mol. The predicted octanol–water partition coefficient (Wildman–Crippen LogP) is 2.58. The largest absolute Gasteiger partial charge is 0.337 e. The molecule has 4 aliphatic heterocycles. The number of halogens is 1. The number of aryl methyl sites for hydroxylation is 2. The average Bonchev–Trinajstić information content (AvgIpc) is 3.33. The normalized spacial score (nSPS) is 31.2. The van der Waals surface area contributed by atoms with Crippen LogP contribution in [0, 0.1) is 11.7 Å². The molecule has 0 spiro atoms. The van der Waals surface area contributed by atoms with Crippen molar-refractivity contribution in [1.29, 1.82) is 0 Å². The van der Waals surface area contributed by atoms with E-state index >= 15 is 0 Å². The quantitative estimate of drug-likeness (QED) is 0.816. The first kappa shape index (κ1) is 17.9. The molecule has 6 rings (SSSR count). The molecule has 0 saturated carbocycles. The second kappa shape index (κ2) is 6.99. The molecule has 148 valence electrons. The first-order valence-corrected chi connectivity index (χ1v) is 10.4. The molecule has 5 heterocycles. The summed E-state index contributed by atoms with van der Waals surface area (Å²) in [5.41, 5.74) is 2.27. The van der Waals surface area contributed by atoms with Crippen LogP contribution in [0.25, 0.3) is 0 Å². The lowest BCUT2D eigenvalue weighted by Gasteiger charge is -2.51. The summed E-state index contributed by atoms with van der Waals surface area (Å²) >= 11 is 0. The second-order valence-electron chi connectivity index (χ2n) is 8.58. The van der Waals surface area contributed by atoms with Gasteiger partial charge in [-0.3, -0.25) is 14.4 Å². The highest BCUT2D eigenvalue weighted by Crippen LogP contribution is 2.46. The molecule has 2 bridgehead atoms. The molecule has 0 N–H and O–H groups in total. The highest BCUT2D eigenvalue weighted by Gasteiger charge is 2.54. The van der Waals surface area contributed by atoms with Gasteiger partial charge in [-0.05, 0) is 61.5 Å². The summed E-state index contributed by atoms with van der Waals surface area (Å²) < 4.78 is 15.2. The summed E-state index contributed by atoms with van der Waals surface area (Å²) in [6, 6.07) is 7.59. The topological polar surface area (TPSA) is 41.4 Å². The maximum absolute atomic E-state index is 13.4. The lowest BCUT2D eigenvalue weighted by molar-refractivity contribution is -0.135. The van der Waals surface area contributed by atoms with Crippen molar-refractivity contribution in [2.24, 2.45) is 13.0 Å². The molecule has 5 nitrogen and oxygen atoms in total. The molecule has 0 radical (unpaired) electrons. The third kappa shape index (κ3) is 3.04. The van der Waals surface area contributed by atoms with Gasteiger partial charge in [0.2, 0.25) is 5.91 Å². The fraction of sp³-hybridized carbons (Fsp3) is 0.545. The fourth-order valence-corrected chi connectivity index (χ4v) is 5.70. The maximum Gasteiger partial charge on any atom is 0.223 e. The Kier molecular flexibility index (Phi) is 4.46. The summed E-state index contributed by atoms with van der Waals surface area (Å²) in [7, 11) is 1.90. The Morgan fingerprint density at radius 3 is 2.61 bits per heavy atom. The van der Waals surface area contributed by atoms with Crippen LogP contribution in [0.3, 0.4) is 0 Å². The van der Waals surface area contributed by atoms with E-state index in [1.165, 1.54) is 12.8 Å². The molecule has 4 saturated heterocycles. The van der Waals surface area contributed by atoms with E-state index in [9.17, 15) is 9.18 Å². The summed E-state index contributed by atoms with van der Waals surface area (Å²) in [5.74, 6) is 0.921. The average molecular weight is 382 g/mol. The van der Waals surface area contributed by atoms with Crippen LogP contribution in [0.4, 0.5) is 4.39 Å². The number of amides is 1. The van der Waals surface area contributed by atoms with Gasteiger partial charge >= 0.3 is 0 Å². The third-order valence-electron chi connectivity index (χ3n) is 7.00. The number of piperidine rings is 3. The number of benzene rings is 1. The van der Waals surface area contributed by atoms with Crippen LogP contribution in [0.2, 0.25) is 0 Å². The van der Waals surface area contributed by atoms with Crippen LogP contribution in [0.5, 0.6) is 0 Å². The fourth-order valence-electron chi connectivity index (χ4n) is 5.70. The van der Waals surface area contributed by atoms with E-state index < -0.39 is 0 Å². The van der Waals surface area contributed by atoms with Gasteiger partial charge in [-0.15, -0.1) is 0 Å². The van der Waals surface area contributed by atoms with E-state index in [2.05, 4.69) is 14.9 Å². The molecule has 3 atom stereocenters. The standard InChI is InChI=1S/C22H27FN4O/c1-25-13-15(12-24-25)2-7-20(28)27-14-19(16-3-5-18(23)6-4-16)22-21(27)17-8-10-26(22)11-9-17/h3-6,12-13,17,19,21-22H,2,7-11,14H2,1H3/t19-,21+,22+/m1/s1. The van der Waals surface area contributed by atoms with Crippen LogP contribution in [-0.2, 0) is 18.3 Å². The number of aromatic nitrogens is 2.